The summed E-state index contributed by atoms with van der Waals surface area (Å²) in [6.07, 6.45) is 3.30. The van der Waals surface area contributed by atoms with Crippen LogP contribution in [-0.2, 0) is 0 Å². The van der Waals surface area contributed by atoms with E-state index < -0.39 is 0 Å². The molecule has 0 radical (unpaired) electrons. The number of pyridine rings is 2. The van der Waals surface area contributed by atoms with Crippen LogP contribution in [0.2, 0.25) is 0 Å². The number of hydrogen-bond acceptors (Lipinski definition) is 3. The van der Waals surface area contributed by atoms with Gasteiger partial charge in [-0.25, -0.2) is 4.39 Å². The molecular formula is C22H20FN3O2. The third kappa shape index (κ3) is 3.86. The number of carbonyl (C=O) groups excluding carboxylic acids is 1. The van der Waals surface area contributed by atoms with Crippen molar-refractivity contribution in [1.82, 2.24) is 14.9 Å². The normalized spacial score (nSPS) is 16.8. The maximum atomic E-state index is 13.2. The molecule has 2 aromatic heterocycles. The van der Waals surface area contributed by atoms with Crippen LogP contribution >= 0.6 is 0 Å². The number of nitrogens with zero attached hydrogens (tertiary/aromatic N) is 2. The second kappa shape index (κ2) is 7.76. The minimum absolute atomic E-state index is 0.0874. The van der Waals surface area contributed by atoms with Crippen molar-refractivity contribution in [2.45, 2.75) is 18.8 Å². The Balaban J connectivity index is 1.54. The molecule has 1 unspecified atom stereocenters. The van der Waals surface area contributed by atoms with Gasteiger partial charge in [-0.1, -0.05) is 6.07 Å². The largest absolute Gasteiger partial charge is 0.338 e. The van der Waals surface area contributed by atoms with E-state index in [0.29, 0.717) is 18.7 Å². The summed E-state index contributed by atoms with van der Waals surface area (Å²) >= 11 is 0. The van der Waals surface area contributed by atoms with E-state index >= 15 is 0 Å². The zero-order valence-electron chi connectivity index (χ0n) is 15.3. The molecule has 0 aliphatic carbocycles. The molecule has 4 rings (SSSR count). The highest BCUT2D eigenvalue weighted by Gasteiger charge is 2.26. The predicted octanol–water partition coefficient (Wildman–Crippen LogP) is 3.60. The predicted molar refractivity (Wildman–Crippen MR) is 105 cm³/mol. The molecule has 1 atom stereocenters. The molecule has 0 bridgehead atoms. The lowest BCUT2D eigenvalue weighted by Gasteiger charge is -2.32. The molecule has 1 aliphatic rings. The quantitative estimate of drug-likeness (QED) is 0.758. The number of nitrogens with one attached hydrogen (secondary N) is 1. The molecule has 3 aromatic rings. The summed E-state index contributed by atoms with van der Waals surface area (Å²) in [5, 5.41) is 0. The van der Waals surface area contributed by atoms with Gasteiger partial charge in [0.15, 0.2) is 0 Å². The highest BCUT2D eigenvalue weighted by atomic mass is 19.1. The molecule has 5 nitrogen and oxygen atoms in total. The summed E-state index contributed by atoms with van der Waals surface area (Å²) in [5.74, 6) is -0.222. The first-order valence-electron chi connectivity index (χ1n) is 9.31. The maximum Gasteiger partial charge on any atom is 0.255 e. The first-order valence-corrected chi connectivity index (χ1v) is 9.31. The van der Waals surface area contributed by atoms with Gasteiger partial charge in [-0.3, -0.25) is 14.6 Å². The van der Waals surface area contributed by atoms with Crippen molar-refractivity contribution in [2.75, 3.05) is 13.1 Å². The van der Waals surface area contributed by atoms with E-state index in [1.807, 2.05) is 23.1 Å². The van der Waals surface area contributed by atoms with Crippen LogP contribution in [0.25, 0.3) is 11.3 Å². The molecule has 6 heteroatoms. The van der Waals surface area contributed by atoms with Crippen LogP contribution in [0.1, 0.15) is 34.8 Å². The molecule has 0 spiro atoms. The minimum atomic E-state index is -0.274. The Labute approximate surface area is 161 Å². The Morgan fingerprint density at radius 2 is 1.93 bits per heavy atom. The number of H-pyrrole nitrogens is 1. The van der Waals surface area contributed by atoms with E-state index in [9.17, 15) is 14.0 Å². The Kier molecular flexibility index (Phi) is 5.02. The number of likely N-dealkylation sites (tertiary alicyclic amines) is 1. The van der Waals surface area contributed by atoms with Crippen molar-refractivity contribution < 1.29 is 9.18 Å². The zero-order chi connectivity index (χ0) is 19.5. The smallest absolute Gasteiger partial charge is 0.255 e. The van der Waals surface area contributed by atoms with Gasteiger partial charge in [-0.15, -0.1) is 0 Å². The Morgan fingerprint density at radius 1 is 1.11 bits per heavy atom. The molecule has 1 amide bonds. The van der Waals surface area contributed by atoms with Crippen LogP contribution < -0.4 is 5.56 Å². The van der Waals surface area contributed by atoms with Crippen LogP contribution in [0.5, 0.6) is 0 Å². The zero-order valence-corrected chi connectivity index (χ0v) is 15.3. The minimum Gasteiger partial charge on any atom is -0.338 e. The number of aromatic amines is 1. The third-order valence-electron chi connectivity index (χ3n) is 5.07. The fourth-order valence-electron chi connectivity index (χ4n) is 3.59. The average Bonchev–Trinajstić information content (AvgIpc) is 2.74. The van der Waals surface area contributed by atoms with Gasteiger partial charge in [-0.2, -0.15) is 0 Å². The van der Waals surface area contributed by atoms with Gasteiger partial charge in [0.05, 0.1) is 11.3 Å². The Hall–Kier alpha value is -3.28. The van der Waals surface area contributed by atoms with E-state index in [2.05, 4.69) is 4.98 Å². The van der Waals surface area contributed by atoms with Crippen LogP contribution in [0.3, 0.4) is 0 Å². The number of benzene rings is 1. The second-order valence-electron chi connectivity index (χ2n) is 6.99. The van der Waals surface area contributed by atoms with E-state index in [-0.39, 0.29) is 23.2 Å². The molecule has 1 aliphatic heterocycles. The van der Waals surface area contributed by atoms with E-state index in [0.717, 1.165) is 29.8 Å². The molecular weight excluding hydrogens is 357 g/mol. The first-order chi connectivity index (χ1) is 13.6. The number of carbonyl (C=O) groups is 1. The Morgan fingerprint density at radius 3 is 2.68 bits per heavy atom. The molecule has 28 heavy (non-hydrogen) atoms. The summed E-state index contributed by atoms with van der Waals surface area (Å²) in [5.41, 5.74) is 2.84. The summed E-state index contributed by atoms with van der Waals surface area (Å²) in [6.45, 7) is 1.27. The van der Waals surface area contributed by atoms with Crippen LogP contribution in [0, 0.1) is 5.82 Å². The molecule has 1 N–H and O–H groups in total. The summed E-state index contributed by atoms with van der Waals surface area (Å²) in [4.78, 5) is 33.1. The highest BCUT2D eigenvalue weighted by Crippen LogP contribution is 2.28. The standard InChI is InChI=1S/C22H20FN3O2/c23-18-9-6-15(7-10-18)19-4-1-5-20(25-19)17-3-2-12-26(14-17)22(28)16-8-11-21(27)24-13-16/h1,4-11,13,17H,2-3,12,14H2,(H,24,27). The number of aromatic nitrogens is 2. The monoisotopic (exact) mass is 377 g/mol. The fraction of sp³-hybridized carbons (Fsp3) is 0.227. The number of rotatable bonds is 3. The van der Waals surface area contributed by atoms with E-state index in [4.69, 9.17) is 4.98 Å². The van der Waals surface area contributed by atoms with Gasteiger partial charge in [-0.05, 0) is 55.3 Å². The van der Waals surface area contributed by atoms with Crippen molar-refractivity contribution in [1.29, 1.82) is 0 Å². The average molecular weight is 377 g/mol. The van der Waals surface area contributed by atoms with Crippen molar-refractivity contribution in [3.05, 3.63) is 88.2 Å². The number of hydrogen-bond donors (Lipinski definition) is 1. The SMILES string of the molecule is O=C(c1ccc(=O)[nH]c1)N1CCCC(c2cccc(-c3ccc(F)cc3)n2)C1. The van der Waals surface area contributed by atoms with Gasteiger partial charge in [0.1, 0.15) is 5.82 Å². The molecule has 142 valence electrons. The molecule has 1 aromatic carbocycles. The lowest BCUT2D eigenvalue weighted by Crippen LogP contribution is -2.39. The lowest BCUT2D eigenvalue weighted by atomic mass is 9.93. The van der Waals surface area contributed by atoms with Gasteiger partial charge in [0.2, 0.25) is 5.56 Å². The topological polar surface area (TPSA) is 66.1 Å². The van der Waals surface area contributed by atoms with E-state index in [1.165, 1.54) is 24.4 Å². The third-order valence-corrected chi connectivity index (χ3v) is 5.07. The number of amides is 1. The number of halogens is 1. The molecule has 1 fully saturated rings. The lowest BCUT2D eigenvalue weighted by molar-refractivity contribution is 0.0705. The van der Waals surface area contributed by atoms with Gasteiger partial charge in [0, 0.05) is 42.5 Å². The maximum absolute atomic E-state index is 13.2. The van der Waals surface area contributed by atoms with Crippen LogP contribution in [-0.4, -0.2) is 33.9 Å². The Bertz CT molecular complexity index is 1030. The fourth-order valence-corrected chi connectivity index (χ4v) is 3.59. The van der Waals surface area contributed by atoms with Crippen molar-refractivity contribution >= 4 is 5.91 Å². The molecule has 3 heterocycles. The van der Waals surface area contributed by atoms with Gasteiger partial charge < -0.3 is 9.88 Å². The first kappa shape index (κ1) is 18.1. The second-order valence-corrected chi connectivity index (χ2v) is 6.99. The van der Waals surface area contributed by atoms with Crippen LogP contribution in [0.15, 0.2) is 65.6 Å². The van der Waals surface area contributed by atoms with Gasteiger partial charge >= 0.3 is 0 Å². The van der Waals surface area contributed by atoms with Crippen molar-refractivity contribution in [3.8, 4) is 11.3 Å². The summed E-state index contributed by atoms with van der Waals surface area (Å²) in [7, 11) is 0. The van der Waals surface area contributed by atoms with Gasteiger partial charge in [0.25, 0.3) is 5.91 Å². The highest BCUT2D eigenvalue weighted by molar-refractivity contribution is 5.94. The summed E-state index contributed by atoms with van der Waals surface area (Å²) in [6, 6.07) is 15.0. The molecule has 1 saturated heterocycles. The van der Waals surface area contributed by atoms with Crippen molar-refractivity contribution in [3.63, 3.8) is 0 Å². The van der Waals surface area contributed by atoms with E-state index in [1.54, 1.807) is 18.2 Å². The number of piperidine rings is 1. The van der Waals surface area contributed by atoms with Crippen molar-refractivity contribution in [2.24, 2.45) is 0 Å². The van der Waals surface area contributed by atoms with Crippen LogP contribution in [0.4, 0.5) is 4.39 Å². The summed E-state index contributed by atoms with van der Waals surface area (Å²) < 4.78 is 13.2. The molecule has 0 saturated carbocycles.